The molecule has 9 heavy (non-hydrogen) atoms. The third-order valence-corrected chi connectivity index (χ3v) is 1.00. The molecular formula is C5H10F3N. The lowest BCUT2D eigenvalue weighted by molar-refractivity contribution is -0.151. The monoisotopic (exact) mass is 141 g/mol. The first kappa shape index (κ1) is 8.75. The highest BCUT2D eigenvalue weighted by Gasteiger charge is 2.34. The summed E-state index contributed by atoms with van der Waals surface area (Å²) in [5, 5.41) is 2.26. The summed E-state index contributed by atoms with van der Waals surface area (Å²) in [6.07, 6.45) is -4.10. The lowest BCUT2D eigenvalue weighted by atomic mass is 10.3. The van der Waals surface area contributed by atoms with Crippen molar-refractivity contribution in [3.8, 4) is 0 Å². The van der Waals surface area contributed by atoms with Crippen LogP contribution in [0.4, 0.5) is 13.2 Å². The average Bonchev–Trinajstić information content (AvgIpc) is 1.64. The molecule has 0 aromatic carbocycles. The Labute approximate surface area is 52.2 Å². The fourth-order valence-electron chi connectivity index (χ4n) is 0.422. The van der Waals surface area contributed by atoms with Gasteiger partial charge < -0.3 is 5.32 Å². The van der Waals surface area contributed by atoms with Crippen molar-refractivity contribution < 1.29 is 13.2 Å². The number of alkyl halides is 3. The predicted octanol–water partition coefficient (Wildman–Crippen LogP) is 1.55. The van der Waals surface area contributed by atoms with Crippen LogP contribution >= 0.6 is 0 Å². The number of rotatable bonds is 2. The Morgan fingerprint density at radius 2 is 1.89 bits per heavy atom. The van der Waals surface area contributed by atoms with Crippen molar-refractivity contribution in [1.82, 2.24) is 5.32 Å². The summed E-state index contributed by atoms with van der Waals surface area (Å²) in [4.78, 5) is 0. The summed E-state index contributed by atoms with van der Waals surface area (Å²) >= 11 is 0. The van der Waals surface area contributed by atoms with Gasteiger partial charge in [0.1, 0.15) is 6.04 Å². The maximum Gasteiger partial charge on any atom is 0.403 e. The van der Waals surface area contributed by atoms with Gasteiger partial charge in [-0.15, -0.1) is 0 Å². The summed E-state index contributed by atoms with van der Waals surface area (Å²) in [7, 11) is 0. The van der Waals surface area contributed by atoms with Crippen molar-refractivity contribution in [3.05, 3.63) is 0 Å². The van der Waals surface area contributed by atoms with Gasteiger partial charge in [-0.25, -0.2) is 0 Å². The molecule has 0 saturated heterocycles. The second-order valence-corrected chi connectivity index (χ2v) is 1.82. The van der Waals surface area contributed by atoms with Gasteiger partial charge in [-0.05, 0) is 13.5 Å². The van der Waals surface area contributed by atoms with Crippen LogP contribution in [0.5, 0.6) is 0 Å². The average molecular weight is 141 g/mol. The third kappa shape index (κ3) is 3.35. The fraction of sp³-hybridized carbons (Fsp3) is 1.00. The minimum Gasteiger partial charge on any atom is -0.307 e. The molecule has 0 aliphatic carbocycles. The van der Waals surface area contributed by atoms with E-state index in [0.29, 0.717) is 6.54 Å². The molecule has 0 heterocycles. The molecule has 0 aromatic rings. The van der Waals surface area contributed by atoms with E-state index in [4.69, 9.17) is 0 Å². The van der Waals surface area contributed by atoms with Gasteiger partial charge in [0.05, 0.1) is 0 Å². The molecule has 0 fully saturated rings. The van der Waals surface area contributed by atoms with E-state index in [9.17, 15) is 13.2 Å². The Hall–Kier alpha value is -0.250. The summed E-state index contributed by atoms with van der Waals surface area (Å²) in [5.74, 6) is 0. The molecule has 1 N–H and O–H groups in total. The molecule has 0 aliphatic rings. The second-order valence-electron chi connectivity index (χ2n) is 1.82. The van der Waals surface area contributed by atoms with Crippen LogP contribution < -0.4 is 5.32 Å². The van der Waals surface area contributed by atoms with Crippen molar-refractivity contribution in [2.24, 2.45) is 0 Å². The van der Waals surface area contributed by atoms with E-state index in [0.717, 1.165) is 6.92 Å². The highest BCUT2D eigenvalue weighted by atomic mass is 19.4. The normalized spacial score (nSPS) is 15.7. The van der Waals surface area contributed by atoms with Crippen molar-refractivity contribution in [2.45, 2.75) is 26.1 Å². The van der Waals surface area contributed by atoms with E-state index in [1.165, 1.54) is 0 Å². The molecule has 4 heteroatoms. The Balaban J connectivity index is 3.59. The molecular weight excluding hydrogens is 131 g/mol. The van der Waals surface area contributed by atoms with Crippen LogP contribution in [0.1, 0.15) is 13.8 Å². The molecule has 0 rings (SSSR count). The predicted molar refractivity (Wildman–Crippen MR) is 29.2 cm³/mol. The summed E-state index contributed by atoms with van der Waals surface area (Å²) in [6, 6.07) is -1.39. The van der Waals surface area contributed by atoms with Crippen LogP contribution in [0.15, 0.2) is 0 Å². The zero-order valence-electron chi connectivity index (χ0n) is 5.42. The molecule has 0 aliphatic heterocycles. The lowest BCUT2D eigenvalue weighted by Crippen LogP contribution is -2.39. The molecule has 0 spiro atoms. The highest BCUT2D eigenvalue weighted by molar-refractivity contribution is 4.67. The van der Waals surface area contributed by atoms with E-state index in [1.807, 2.05) is 0 Å². The maximum absolute atomic E-state index is 11.6. The van der Waals surface area contributed by atoms with Gasteiger partial charge in [0, 0.05) is 0 Å². The zero-order chi connectivity index (χ0) is 7.49. The molecule has 0 bridgehead atoms. The summed E-state index contributed by atoms with van der Waals surface area (Å²) in [5.41, 5.74) is 0. The molecule has 1 unspecified atom stereocenters. The van der Waals surface area contributed by atoms with Crippen LogP contribution in [0.25, 0.3) is 0 Å². The van der Waals surface area contributed by atoms with E-state index in [1.54, 1.807) is 6.92 Å². The Bertz CT molecular complexity index is 78.8. The SMILES string of the molecule is CCNC(C)C(F)(F)F. The van der Waals surface area contributed by atoms with E-state index < -0.39 is 12.2 Å². The van der Waals surface area contributed by atoms with Gasteiger partial charge in [0.25, 0.3) is 0 Å². The number of hydrogen-bond donors (Lipinski definition) is 1. The van der Waals surface area contributed by atoms with Gasteiger partial charge in [-0.3, -0.25) is 0 Å². The maximum atomic E-state index is 11.6. The van der Waals surface area contributed by atoms with Gasteiger partial charge in [0.2, 0.25) is 0 Å². The first-order valence-electron chi connectivity index (χ1n) is 2.78. The molecule has 0 saturated carbocycles. The minimum absolute atomic E-state index is 0.348. The van der Waals surface area contributed by atoms with Crippen molar-refractivity contribution in [3.63, 3.8) is 0 Å². The highest BCUT2D eigenvalue weighted by Crippen LogP contribution is 2.18. The standard InChI is InChI=1S/C5H10F3N/c1-3-9-4(2)5(6,7)8/h4,9H,3H2,1-2H3. The zero-order valence-corrected chi connectivity index (χ0v) is 5.42. The van der Waals surface area contributed by atoms with Gasteiger partial charge in [-0.2, -0.15) is 13.2 Å². The number of nitrogens with one attached hydrogen (secondary N) is 1. The number of halogens is 3. The summed E-state index contributed by atoms with van der Waals surface area (Å²) < 4.78 is 34.7. The molecule has 0 aromatic heterocycles. The first-order chi connectivity index (χ1) is 3.98. The Morgan fingerprint density at radius 3 is 2.00 bits per heavy atom. The fourth-order valence-corrected chi connectivity index (χ4v) is 0.422. The van der Waals surface area contributed by atoms with E-state index >= 15 is 0 Å². The van der Waals surface area contributed by atoms with E-state index in [2.05, 4.69) is 5.32 Å². The lowest BCUT2D eigenvalue weighted by Gasteiger charge is -2.15. The molecule has 0 amide bonds. The minimum atomic E-state index is -4.10. The van der Waals surface area contributed by atoms with Crippen LogP contribution in [0.3, 0.4) is 0 Å². The van der Waals surface area contributed by atoms with Crippen molar-refractivity contribution in [2.75, 3.05) is 6.54 Å². The van der Waals surface area contributed by atoms with Gasteiger partial charge in [-0.1, -0.05) is 6.92 Å². The smallest absolute Gasteiger partial charge is 0.307 e. The topological polar surface area (TPSA) is 12.0 Å². The number of hydrogen-bond acceptors (Lipinski definition) is 1. The Morgan fingerprint density at radius 1 is 1.44 bits per heavy atom. The van der Waals surface area contributed by atoms with Crippen molar-refractivity contribution >= 4 is 0 Å². The first-order valence-corrected chi connectivity index (χ1v) is 2.78. The van der Waals surface area contributed by atoms with Crippen molar-refractivity contribution in [1.29, 1.82) is 0 Å². The molecule has 1 atom stereocenters. The molecule has 56 valence electrons. The second kappa shape index (κ2) is 3.06. The third-order valence-electron chi connectivity index (χ3n) is 1.00. The largest absolute Gasteiger partial charge is 0.403 e. The van der Waals surface area contributed by atoms with Gasteiger partial charge >= 0.3 is 6.18 Å². The van der Waals surface area contributed by atoms with Crippen LogP contribution in [0.2, 0.25) is 0 Å². The van der Waals surface area contributed by atoms with Crippen LogP contribution in [-0.4, -0.2) is 18.8 Å². The van der Waals surface area contributed by atoms with Gasteiger partial charge in [0.15, 0.2) is 0 Å². The van der Waals surface area contributed by atoms with Crippen LogP contribution in [0, 0.1) is 0 Å². The quantitative estimate of drug-likeness (QED) is 0.615. The van der Waals surface area contributed by atoms with E-state index in [-0.39, 0.29) is 0 Å². The molecule has 0 radical (unpaired) electrons. The Kier molecular flexibility index (Phi) is 2.97. The van der Waals surface area contributed by atoms with Crippen LogP contribution in [-0.2, 0) is 0 Å². The molecule has 1 nitrogen and oxygen atoms in total. The summed E-state index contributed by atoms with van der Waals surface area (Å²) in [6.45, 7) is 3.09.